The third-order valence-electron chi connectivity index (χ3n) is 1.92. The summed E-state index contributed by atoms with van der Waals surface area (Å²) >= 11 is 0. The van der Waals surface area contributed by atoms with Crippen LogP contribution in [0.15, 0.2) is 24.5 Å². The standard InChI is InChI=1S/C9H8N4O2/c1-15-9-3-2-8(4-7(9)5-14)13-11-6-10-12-13/h2-6H,1H3. The van der Waals surface area contributed by atoms with Gasteiger partial charge in [-0.05, 0) is 23.4 Å². The zero-order valence-electron chi connectivity index (χ0n) is 7.99. The van der Waals surface area contributed by atoms with Crippen molar-refractivity contribution >= 4 is 6.29 Å². The smallest absolute Gasteiger partial charge is 0.162 e. The lowest BCUT2D eigenvalue weighted by atomic mass is 10.2. The van der Waals surface area contributed by atoms with Crippen LogP contribution in [0.1, 0.15) is 10.4 Å². The van der Waals surface area contributed by atoms with Gasteiger partial charge in [0.15, 0.2) is 12.6 Å². The van der Waals surface area contributed by atoms with E-state index in [1.54, 1.807) is 18.2 Å². The average molecular weight is 204 g/mol. The highest BCUT2D eigenvalue weighted by Crippen LogP contribution is 2.19. The van der Waals surface area contributed by atoms with Gasteiger partial charge in [0.25, 0.3) is 0 Å². The Hall–Kier alpha value is -2.24. The summed E-state index contributed by atoms with van der Waals surface area (Å²) in [5.74, 6) is 0.522. The minimum Gasteiger partial charge on any atom is -0.496 e. The zero-order valence-corrected chi connectivity index (χ0v) is 7.99. The molecule has 76 valence electrons. The molecule has 0 saturated carbocycles. The predicted molar refractivity (Wildman–Crippen MR) is 51.1 cm³/mol. The van der Waals surface area contributed by atoms with Crippen LogP contribution >= 0.6 is 0 Å². The van der Waals surface area contributed by atoms with E-state index in [1.807, 2.05) is 0 Å². The number of aldehydes is 1. The van der Waals surface area contributed by atoms with Crippen LogP contribution in [0, 0.1) is 0 Å². The summed E-state index contributed by atoms with van der Waals surface area (Å²) in [6.07, 6.45) is 2.05. The van der Waals surface area contributed by atoms with E-state index in [1.165, 1.54) is 18.2 Å². The molecule has 0 N–H and O–H groups in total. The molecule has 0 amide bonds. The molecule has 1 aromatic heterocycles. The second kappa shape index (κ2) is 3.87. The largest absolute Gasteiger partial charge is 0.496 e. The van der Waals surface area contributed by atoms with Crippen molar-refractivity contribution < 1.29 is 9.53 Å². The summed E-state index contributed by atoms with van der Waals surface area (Å²) < 4.78 is 5.01. The van der Waals surface area contributed by atoms with E-state index in [-0.39, 0.29) is 0 Å². The van der Waals surface area contributed by atoms with Gasteiger partial charge in [-0.3, -0.25) is 4.79 Å². The Kier molecular flexibility index (Phi) is 2.40. The van der Waals surface area contributed by atoms with Crippen molar-refractivity contribution in [2.75, 3.05) is 7.11 Å². The molecule has 0 aliphatic rings. The molecule has 6 heteroatoms. The number of methoxy groups -OCH3 is 1. The van der Waals surface area contributed by atoms with Crippen LogP contribution in [-0.2, 0) is 0 Å². The number of tetrazole rings is 1. The zero-order chi connectivity index (χ0) is 10.7. The van der Waals surface area contributed by atoms with Crippen LogP contribution in [0.3, 0.4) is 0 Å². The second-order valence-corrected chi connectivity index (χ2v) is 2.77. The van der Waals surface area contributed by atoms with Crippen molar-refractivity contribution in [1.29, 1.82) is 0 Å². The Morgan fingerprint density at radius 2 is 2.33 bits per heavy atom. The van der Waals surface area contributed by atoms with Crippen LogP contribution in [-0.4, -0.2) is 33.6 Å². The molecule has 0 atom stereocenters. The summed E-state index contributed by atoms with van der Waals surface area (Å²) in [5, 5.41) is 11.2. The summed E-state index contributed by atoms with van der Waals surface area (Å²) in [4.78, 5) is 12.1. The van der Waals surface area contributed by atoms with Gasteiger partial charge < -0.3 is 4.74 Å². The fraction of sp³-hybridized carbons (Fsp3) is 0.111. The number of carbonyl (C=O) groups is 1. The van der Waals surface area contributed by atoms with Crippen molar-refractivity contribution in [2.45, 2.75) is 0 Å². The van der Waals surface area contributed by atoms with E-state index in [4.69, 9.17) is 4.74 Å². The van der Waals surface area contributed by atoms with Gasteiger partial charge in [-0.15, -0.1) is 15.0 Å². The highest BCUT2D eigenvalue weighted by molar-refractivity contribution is 5.80. The van der Waals surface area contributed by atoms with Crippen LogP contribution in [0.4, 0.5) is 0 Å². The quantitative estimate of drug-likeness (QED) is 0.680. The van der Waals surface area contributed by atoms with E-state index in [0.717, 1.165) is 6.29 Å². The van der Waals surface area contributed by atoms with E-state index in [0.29, 0.717) is 17.0 Å². The maximum Gasteiger partial charge on any atom is 0.162 e. The molecule has 0 aliphatic carbocycles. The molecule has 0 spiro atoms. The van der Waals surface area contributed by atoms with Crippen molar-refractivity contribution in [1.82, 2.24) is 20.2 Å². The van der Waals surface area contributed by atoms with Crippen molar-refractivity contribution in [3.63, 3.8) is 0 Å². The van der Waals surface area contributed by atoms with Gasteiger partial charge in [-0.25, -0.2) is 0 Å². The van der Waals surface area contributed by atoms with Gasteiger partial charge in [-0.1, -0.05) is 0 Å². The molecule has 0 saturated heterocycles. The van der Waals surface area contributed by atoms with Crippen LogP contribution in [0.5, 0.6) is 5.75 Å². The van der Waals surface area contributed by atoms with E-state index in [2.05, 4.69) is 15.4 Å². The number of nitrogens with zero attached hydrogens (tertiary/aromatic N) is 4. The average Bonchev–Trinajstić information content (AvgIpc) is 2.81. The van der Waals surface area contributed by atoms with Crippen LogP contribution < -0.4 is 4.74 Å². The monoisotopic (exact) mass is 204 g/mol. The molecule has 2 rings (SSSR count). The third kappa shape index (κ3) is 1.69. The van der Waals surface area contributed by atoms with Crippen molar-refractivity contribution in [2.24, 2.45) is 0 Å². The number of hydrogen-bond acceptors (Lipinski definition) is 5. The van der Waals surface area contributed by atoms with Crippen LogP contribution in [0.2, 0.25) is 0 Å². The first-order valence-corrected chi connectivity index (χ1v) is 4.21. The molecule has 1 aromatic carbocycles. The number of aromatic nitrogens is 4. The Morgan fingerprint density at radius 3 is 2.93 bits per heavy atom. The van der Waals surface area contributed by atoms with E-state index in [9.17, 15) is 4.79 Å². The molecule has 0 aliphatic heterocycles. The molecule has 0 unspecified atom stereocenters. The molecular weight excluding hydrogens is 196 g/mol. The van der Waals surface area contributed by atoms with Crippen molar-refractivity contribution in [3.8, 4) is 11.4 Å². The van der Waals surface area contributed by atoms with Gasteiger partial charge in [0.2, 0.25) is 0 Å². The Bertz CT molecular complexity index is 467. The number of benzene rings is 1. The summed E-state index contributed by atoms with van der Waals surface area (Å²) in [6.45, 7) is 0. The number of carbonyl (C=O) groups excluding carboxylic acids is 1. The van der Waals surface area contributed by atoms with Gasteiger partial charge >= 0.3 is 0 Å². The minimum atomic E-state index is 0.451. The third-order valence-corrected chi connectivity index (χ3v) is 1.92. The summed E-state index contributed by atoms with van der Waals surface area (Å²) in [6, 6.07) is 5.06. The molecule has 0 radical (unpaired) electrons. The first-order valence-electron chi connectivity index (χ1n) is 4.21. The highest BCUT2D eigenvalue weighted by atomic mass is 16.5. The van der Waals surface area contributed by atoms with Gasteiger partial charge in [0.05, 0.1) is 18.4 Å². The predicted octanol–water partition coefficient (Wildman–Crippen LogP) is 0.483. The Morgan fingerprint density at radius 1 is 1.47 bits per heavy atom. The SMILES string of the molecule is COc1ccc(-n2ncnn2)cc1C=O. The molecule has 1 heterocycles. The lowest BCUT2D eigenvalue weighted by Crippen LogP contribution is -2.00. The maximum atomic E-state index is 10.8. The van der Waals surface area contributed by atoms with Crippen molar-refractivity contribution in [3.05, 3.63) is 30.1 Å². The molecule has 15 heavy (non-hydrogen) atoms. The topological polar surface area (TPSA) is 69.9 Å². The van der Waals surface area contributed by atoms with Gasteiger partial charge in [0.1, 0.15) is 5.75 Å². The molecule has 0 bridgehead atoms. The van der Waals surface area contributed by atoms with E-state index < -0.39 is 0 Å². The number of hydrogen-bond donors (Lipinski definition) is 0. The first kappa shape index (κ1) is 9.32. The minimum absolute atomic E-state index is 0.451. The van der Waals surface area contributed by atoms with Gasteiger partial charge in [0, 0.05) is 0 Å². The fourth-order valence-corrected chi connectivity index (χ4v) is 1.22. The second-order valence-electron chi connectivity index (χ2n) is 2.77. The lowest BCUT2D eigenvalue weighted by Gasteiger charge is -2.04. The molecule has 0 fully saturated rings. The molecule has 2 aromatic rings. The fourth-order valence-electron chi connectivity index (χ4n) is 1.22. The Labute approximate surface area is 85.5 Å². The molecular formula is C9H8N4O2. The summed E-state index contributed by atoms with van der Waals surface area (Å²) in [7, 11) is 1.51. The van der Waals surface area contributed by atoms with E-state index >= 15 is 0 Å². The lowest BCUT2D eigenvalue weighted by molar-refractivity contribution is 0.112. The summed E-state index contributed by atoms with van der Waals surface area (Å²) in [5.41, 5.74) is 1.11. The first-order chi connectivity index (χ1) is 7.35. The Balaban J connectivity index is 2.48. The van der Waals surface area contributed by atoms with Crippen LogP contribution in [0.25, 0.3) is 5.69 Å². The maximum absolute atomic E-state index is 10.8. The number of ether oxygens (including phenoxy) is 1. The highest BCUT2D eigenvalue weighted by Gasteiger charge is 2.05. The normalized spacial score (nSPS) is 9.93. The molecule has 6 nitrogen and oxygen atoms in total. The van der Waals surface area contributed by atoms with Gasteiger partial charge in [-0.2, -0.15) is 0 Å². The number of rotatable bonds is 3.